The van der Waals surface area contributed by atoms with Crippen molar-refractivity contribution >= 4 is 22.7 Å². The number of allylic oxidation sites excluding steroid dienone is 3. The van der Waals surface area contributed by atoms with Crippen LogP contribution in [0, 0.1) is 19.8 Å². The summed E-state index contributed by atoms with van der Waals surface area (Å²) in [6.45, 7) is 7.44. The Labute approximate surface area is 187 Å². The standard InChI is InChI=1S/C29H32N2/c1-22-11-13-27(14-12-22)31(21-25-9-5-7-23(2)19-25)28-17-15-26(16-18-28)30(4)29-10-6-8-24(3)20-29/h5-8,10-20,25H,9,21H2,1-4H3. The van der Waals surface area contributed by atoms with Crippen LogP contribution in [0.3, 0.4) is 0 Å². The van der Waals surface area contributed by atoms with Crippen molar-refractivity contribution in [1.82, 2.24) is 0 Å². The summed E-state index contributed by atoms with van der Waals surface area (Å²) in [6.07, 6.45) is 8.02. The SMILES string of the molecule is CC1=CC(CN(c2ccc(C)cc2)c2ccc(N(C)c3cccc(C)c3)cc2)CC=C1. The number of nitrogens with zero attached hydrogens (tertiary/aromatic N) is 2. The van der Waals surface area contributed by atoms with E-state index in [4.69, 9.17) is 0 Å². The van der Waals surface area contributed by atoms with Crippen molar-refractivity contribution in [2.45, 2.75) is 27.2 Å². The largest absolute Gasteiger partial charge is 0.345 e. The summed E-state index contributed by atoms with van der Waals surface area (Å²) in [5.41, 5.74) is 8.78. The van der Waals surface area contributed by atoms with E-state index in [0.29, 0.717) is 5.92 Å². The monoisotopic (exact) mass is 408 g/mol. The maximum atomic E-state index is 2.45. The van der Waals surface area contributed by atoms with Crippen LogP contribution in [-0.4, -0.2) is 13.6 Å². The molecule has 31 heavy (non-hydrogen) atoms. The van der Waals surface area contributed by atoms with E-state index in [1.807, 2.05) is 0 Å². The topological polar surface area (TPSA) is 6.48 Å². The number of rotatable bonds is 6. The van der Waals surface area contributed by atoms with Gasteiger partial charge in [-0.3, -0.25) is 0 Å². The lowest BCUT2D eigenvalue weighted by atomic mass is 9.96. The van der Waals surface area contributed by atoms with Crippen LogP contribution in [0.2, 0.25) is 0 Å². The summed E-state index contributed by atoms with van der Waals surface area (Å²) in [6, 6.07) is 26.4. The third-order valence-corrected chi connectivity index (χ3v) is 6.02. The number of benzene rings is 3. The van der Waals surface area contributed by atoms with Gasteiger partial charge in [-0.25, -0.2) is 0 Å². The molecule has 1 aliphatic carbocycles. The zero-order valence-corrected chi connectivity index (χ0v) is 19.0. The van der Waals surface area contributed by atoms with E-state index < -0.39 is 0 Å². The fraction of sp³-hybridized carbons (Fsp3) is 0.241. The summed E-state index contributed by atoms with van der Waals surface area (Å²) in [5, 5.41) is 0. The molecular formula is C29H32N2. The molecule has 0 saturated heterocycles. The predicted molar refractivity (Wildman–Crippen MR) is 135 cm³/mol. The van der Waals surface area contributed by atoms with Crippen LogP contribution in [0.4, 0.5) is 22.7 Å². The molecule has 2 heteroatoms. The molecule has 0 heterocycles. The van der Waals surface area contributed by atoms with Crippen LogP contribution in [0.15, 0.2) is 96.6 Å². The smallest absolute Gasteiger partial charge is 0.0412 e. The second kappa shape index (κ2) is 9.26. The minimum absolute atomic E-state index is 0.515. The third kappa shape index (κ3) is 5.08. The lowest BCUT2D eigenvalue weighted by Gasteiger charge is -2.30. The van der Waals surface area contributed by atoms with Crippen LogP contribution in [-0.2, 0) is 0 Å². The fourth-order valence-corrected chi connectivity index (χ4v) is 4.21. The van der Waals surface area contributed by atoms with Crippen LogP contribution in [0.5, 0.6) is 0 Å². The molecule has 1 atom stereocenters. The Morgan fingerprint density at radius 3 is 2.03 bits per heavy atom. The highest BCUT2D eigenvalue weighted by Crippen LogP contribution is 2.32. The zero-order chi connectivity index (χ0) is 21.8. The molecule has 0 saturated carbocycles. The van der Waals surface area contributed by atoms with Crippen LogP contribution in [0.25, 0.3) is 0 Å². The van der Waals surface area contributed by atoms with Gasteiger partial charge in [-0.1, -0.05) is 53.6 Å². The van der Waals surface area contributed by atoms with Crippen molar-refractivity contribution in [1.29, 1.82) is 0 Å². The summed E-state index contributed by atoms with van der Waals surface area (Å²) < 4.78 is 0. The van der Waals surface area contributed by atoms with Crippen LogP contribution < -0.4 is 9.80 Å². The van der Waals surface area contributed by atoms with Gasteiger partial charge in [-0.05, 0) is 87.2 Å². The maximum absolute atomic E-state index is 2.45. The maximum Gasteiger partial charge on any atom is 0.0412 e. The van der Waals surface area contributed by atoms with Crippen molar-refractivity contribution in [2.75, 3.05) is 23.4 Å². The molecule has 3 aromatic rings. The summed E-state index contributed by atoms with van der Waals surface area (Å²) >= 11 is 0. The van der Waals surface area contributed by atoms with Gasteiger partial charge in [0.05, 0.1) is 0 Å². The molecule has 0 aromatic heterocycles. The van der Waals surface area contributed by atoms with E-state index in [1.165, 1.54) is 39.4 Å². The highest BCUT2D eigenvalue weighted by atomic mass is 15.1. The second-order valence-corrected chi connectivity index (χ2v) is 8.67. The Morgan fingerprint density at radius 1 is 0.742 bits per heavy atom. The van der Waals surface area contributed by atoms with Crippen LogP contribution >= 0.6 is 0 Å². The van der Waals surface area contributed by atoms with E-state index in [9.17, 15) is 0 Å². The second-order valence-electron chi connectivity index (χ2n) is 8.67. The van der Waals surface area contributed by atoms with E-state index in [-0.39, 0.29) is 0 Å². The molecule has 0 spiro atoms. The third-order valence-electron chi connectivity index (χ3n) is 6.02. The van der Waals surface area contributed by atoms with E-state index in [0.717, 1.165) is 13.0 Å². The van der Waals surface area contributed by atoms with Gasteiger partial charge >= 0.3 is 0 Å². The Morgan fingerprint density at radius 2 is 1.39 bits per heavy atom. The number of anilines is 4. The lowest BCUT2D eigenvalue weighted by Crippen LogP contribution is -2.25. The molecule has 158 valence electrons. The van der Waals surface area contributed by atoms with Crippen molar-refractivity contribution in [3.8, 4) is 0 Å². The molecule has 0 fully saturated rings. The first-order valence-corrected chi connectivity index (χ1v) is 11.1. The van der Waals surface area contributed by atoms with Gasteiger partial charge in [-0.2, -0.15) is 0 Å². The van der Waals surface area contributed by atoms with Gasteiger partial charge in [0.2, 0.25) is 0 Å². The minimum atomic E-state index is 0.515. The summed E-state index contributed by atoms with van der Waals surface area (Å²) in [4.78, 5) is 4.69. The predicted octanol–water partition coefficient (Wildman–Crippen LogP) is 7.73. The van der Waals surface area contributed by atoms with E-state index in [2.05, 4.69) is 129 Å². The molecule has 4 rings (SSSR count). The number of aryl methyl sites for hydroxylation is 2. The fourth-order valence-electron chi connectivity index (χ4n) is 4.21. The first-order chi connectivity index (χ1) is 15.0. The molecular weight excluding hydrogens is 376 g/mol. The van der Waals surface area contributed by atoms with Crippen molar-refractivity contribution < 1.29 is 0 Å². The van der Waals surface area contributed by atoms with Crippen LogP contribution in [0.1, 0.15) is 24.5 Å². The molecule has 0 radical (unpaired) electrons. The Balaban J connectivity index is 1.61. The normalized spacial score (nSPS) is 15.5. The molecule has 1 aliphatic rings. The zero-order valence-electron chi connectivity index (χ0n) is 19.0. The lowest BCUT2D eigenvalue weighted by molar-refractivity contribution is 0.652. The molecule has 0 bridgehead atoms. The molecule has 1 unspecified atom stereocenters. The number of hydrogen-bond acceptors (Lipinski definition) is 2. The molecule has 0 amide bonds. The molecule has 0 N–H and O–H groups in total. The molecule has 2 nitrogen and oxygen atoms in total. The number of hydrogen-bond donors (Lipinski definition) is 0. The van der Waals surface area contributed by atoms with Gasteiger partial charge in [-0.15, -0.1) is 0 Å². The van der Waals surface area contributed by atoms with Gasteiger partial charge in [0, 0.05) is 36.3 Å². The molecule has 3 aromatic carbocycles. The highest BCUT2D eigenvalue weighted by Gasteiger charge is 2.16. The van der Waals surface area contributed by atoms with Crippen molar-refractivity contribution in [3.63, 3.8) is 0 Å². The van der Waals surface area contributed by atoms with Gasteiger partial charge in [0.1, 0.15) is 0 Å². The van der Waals surface area contributed by atoms with Crippen molar-refractivity contribution in [3.05, 3.63) is 108 Å². The average molecular weight is 409 g/mol. The van der Waals surface area contributed by atoms with Gasteiger partial charge < -0.3 is 9.80 Å². The van der Waals surface area contributed by atoms with E-state index >= 15 is 0 Å². The quantitative estimate of drug-likeness (QED) is 0.412. The Bertz CT molecular complexity index is 1070. The summed E-state index contributed by atoms with van der Waals surface area (Å²) in [7, 11) is 2.13. The first kappa shape index (κ1) is 21.0. The average Bonchev–Trinajstić information content (AvgIpc) is 2.78. The van der Waals surface area contributed by atoms with Gasteiger partial charge in [0.25, 0.3) is 0 Å². The Hall–Kier alpha value is -3.26. The summed E-state index contributed by atoms with van der Waals surface area (Å²) in [5.74, 6) is 0.515. The minimum Gasteiger partial charge on any atom is -0.345 e. The van der Waals surface area contributed by atoms with Gasteiger partial charge in [0.15, 0.2) is 0 Å². The Kier molecular flexibility index (Phi) is 6.27. The molecule has 0 aliphatic heterocycles. The van der Waals surface area contributed by atoms with Crippen molar-refractivity contribution in [2.24, 2.45) is 5.92 Å². The van der Waals surface area contributed by atoms with E-state index in [1.54, 1.807) is 0 Å². The highest BCUT2D eigenvalue weighted by molar-refractivity contribution is 5.69. The first-order valence-electron chi connectivity index (χ1n) is 11.1.